The van der Waals surface area contributed by atoms with Crippen LogP contribution in [-0.2, 0) is 25.7 Å². The smallest absolute Gasteiger partial charge is 0.108 e. The minimum atomic E-state index is 0.966. The van der Waals surface area contributed by atoms with E-state index in [4.69, 9.17) is 0 Å². The second-order valence-corrected chi connectivity index (χ2v) is 6.75. The van der Waals surface area contributed by atoms with Crippen molar-refractivity contribution in [3.63, 3.8) is 0 Å². The second kappa shape index (κ2) is 4.79. The number of hydrogen-bond donors (Lipinski definition) is 0. The van der Waals surface area contributed by atoms with Gasteiger partial charge in [0.1, 0.15) is 22.1 Å². The van der Waals surface area contributed by atoms with Crippen LogP contribution in [0.25, 0.3) is 22.1 Å². The maximum absolute atomic E-state index is 4.53. The molecule has 6 heteroatoms. The predicted octanol–water partition coefficient (Wildman–Crippen LogP) is 3.58. The van der Waals surface area contributed by atoms with Crippen LogP contribution < -0.4 is 0 Å². The zero-order valence-electron chi connectivity index (χ0n) is 11.7. The number of rotatable bonds is 0. The number of fused-ring (bicyclic) bond motifs is 4. The van der Waals surface area contributed by atoms with Crippen LogP contribution in [0.5, 0.6) is 0 Å². The highest BCUT2D eigenvalue weighted by molar-refractivity contribution is 7.00. The van der Waals surface area contributed by atoms with Crippen molar-refractivity contribution in [1.29, 1.82) is 0 Å². The van der Waals surface area contributed by atoms with Crippen LogP contribution in [0.3, 0.4) is 0 Å². The molecule has 0 fully saturated rings. The average molecular weight is 324 g/mol. The summed E-state index contributed by atoms with van der Waals surface area (Å²) in [7, 11) is 0. The molecule has 2 aromatic heterocycles. The molecular formula is C16H12N4S2. The van der Waals surface area contributed by atoms with E-state index in [1.807, 2.05) is 0 Å². The summed E-state index contributed by atoms with van der Waals surface area (Å²) in [5, 5.41) is 0. The molecule has 108 valence electrons. The van der Waals surface area contributed by atoms with Gasteiger partial charge in [-0.2, -0.15) is 17.5 Å². The molecule has 22 heavy (non-hydrogen) atoms. The lowest BCUT2D eigenvalue weighted by Gasteiger charge is -2.11. The highest BCUT2D eigenvalue weighted by Crippen LogP contribution is 2.28. The number of benzene rings is 2. The Bertz CT molecular complexity index is 844. The van der Waals surface area contributed by atoms with E-state index in [0.29, 0.717) is 0 Å². The van der Waals surface area contributed by atoms with Crippen molar-refractivity contribution >= 4 is 45.5 Å². The molecule has 6 rings (SSSR count). The van der Waals surface area contributed by atoms with Gasteiger partial charge in [-0.25, -0.2) is 0 Å². The Morgan fingerprint density at radius 3 is 1.05 bits per heavy atom. The molecule has 0 radical (unpaired) electrons. The Balaban J connectivity index is 1.75. The summed E-state index contributed by atoms with van der Waals surface area (Å²) < 4.78 is 18.1. The van der Waals surface area contributed by atoms with Gasteiger partial charge >= 0.3 is 0 Å². The summed E-state index contributed by atoms with van der Waals surface area (Å²) in [5.41, 5.74) is 9.49. The minimum absolute atomic E-state index is 0.966. The fourth-order valence-electron chi connectivity index (χ4n) is 3.28. The summed E-state index contributed by atoms with van der Waals surface area (Å²) in [6, 6.07) is 8.90. The van der Waals surface area contributed by atoms with Crippen LogP contribution >= 0.6 is 23.5 Å². The predicted molar refractivity (Wildman–Crippen MR) is 89.6 cm³/mol. The fourth-order valence-corrected chi connectivity index (χ4v) is 4.51. The van der Waals surface area contributed by atoms with E-state index >= 15 is 0 Å². The maximum Gasteiger partial charge on any atom is 0.108 e. The largest absolute Gasteiger partial charge is 0.173 e. The van der Waals surface area contributed by atoms with Gasteiger partial charge in [-0.3, -0.25) is 0 Å². The normalized spacial score (nSPS) is 14.5. The molecule has 2 heterocycles. The SMILES string of the molecule is c1cc2c3nsnc3c1CCc1ccc(c3nsnc13)CC2. The topological polar surface area (TPSA) is 51.6 Å². The lowest BCUT2D eigenvalue weighted by Crippen LogP contribution is -2.01. The third-order valence-corrected chi connectivity index (χ3v) is 5.55. The quantitative estimate of drug-likeness (QED) is 0.496. The number of hydrogen-bond acceptors (Lipinski definition) is 6. The molecule has 0 atom stereocenters. The first kappa shape index (κ1) is 12.6. The Labute approximate surface area is 135 Å². The van der Waals surface area contributed by atoms with Crippen LogP contribution in [0.2, 0.25) is 0 Å². The van der Waals surface area contributed by atoms with Gasteiger partial charge < -0.3 is 0 Å². The average Bonchev–Trinajstić information content (AvgIpc) is 3.18. The highest BCUT2D eigenvalue weighted by Gasteiger charge is 2.16. The van der Waals surface area contributed by atoms with Crippen LogP contribution in [0.4, 0.5) is 0 Å². The summed E-state index contributed by atoms with van der Waals surface area (Å²) in [5.74, 6) is 0. The summed E-state index contributed by atoms with van der Waals surface area (Å²) >= 11 is 2.64. The molecule has 0 spiro atoms. The van der Waals surface area contributed by atoms with Gasteiger partial charge in [-0.15, -0.1) is 0 Å². The van der Waals surface area contributed by atoms with E-state index < -0.39 is 0 Å². The molecular weight excluding hydrogens is 312 g/mol. The lowest BCUT2D eigenvalue weighted by atomic mass is 9.94. The van der Waals surface area contributed by atoms with Gasteiger partial charge in [0.25, 0.3) is 0 Å². The first-order chi connectivity index (χ1) is 10.9. The Morgan fingerprint density at radius 2 is 0.773 bits per heavy atom. The van der Waals surface area contributed by atoms with E-state index in [1.54, 1.807) is 0 Å². The zero-order chi connectivity index (χ0) is 14.5. The molecule has 0 saturated carbocycles. The number of aryl methyl sites for hydroxylation is 4. The van der Waals surface area contributed by atoms with E-state index in [0.717, 1.165) is 47.8 Å². The summed E-state index contributed by atoms with van der Waals surface area (Å²) in [6.45, 7) is 0. The van der Waals surface area contributed by atoms with Gasteiger partial charge in [0.2, 0.25) is 0 Å². The van der Waals surface area contributed by atoms with Crippen LogP contribution in [-0.4, -0.2) is 17.5 Å². The molecule has 0 unspecified atom stereocenters. The van der Waals surface area contributed by atoms with Crippen molar-refractivity contribution < 1.29 is 0 Å². The molecule has 4 bridgehead atoms. The molecule has 0 amide bonds. The second-order valence-electron chi connectivity index (χ2n) is 5.69. The lowest BCUT2D eigenvalue weighted by molar-refractivity contribution is 0.941. The molecule has 2 aliphatic carbocycles. The van der Waals surface area contributed by atoms with Crippen molar-refractivity contribution in [2.24, 2.45) is 0 Å². The monoisotopic (exact) mass is 324 g/mol. The molecule has 4 aromatic rings. The Kier molecular flexibility index (Phi) is 2.75. The maximum atomic E-state index is 4.53. The van der Waals surface area contributed by atoms with Gasteiger partial charge in [-0.05, 0) is 47.9 Å². The molecule has 4 nitrogen and oxygen atoms in total. The molecule has 2 aromatic carbocycles. The van der Waals surface area contributed by atoms with Gasteiger partial charge in [0.05, 0.1) is 23.5 Å². The standard InChI is InChI=1S/C16H12N4S2/c1-2-10-7-8-12-4-3-11(15-16(12)20-22-19-15)6-5-9(1)13-14(10)18-21-17-13/h1-4H,5-8H2. The Morgan fingerprint density at radius 1 is 0.500 bits per heavy atom. The summed E-state index contributed by atoms with van der Waals surface area (Å²) in [4.78, 5) is 0. The van der Waals surface area contributed by atoms with Crippen molar-refractivity contribution in [2.75, 3.05) is 0 Å². The first-order valence-corrected chi connectivity index (χ1v) is 8.82. The van der Waals surface area contributed by atoms with Gasteiger partial charge in [-0.1, -0.05) is 24.3 Å². The zero-order valence-corrected chi connectivity index (χ0v) is 13.4. The van der Waals surface area contributed by atoms with Crippen LogP contribution in [0, 0.1) is 0 Å². The van der Waals surface area contributed by atoms with Crippen molar-refractivity contribution in [2.45, 2.75) is 25.7 Å². The third-order valence-electron chi connectivity index (χ3n) is 4.49. The van der Waals surface area contributed by atoms with Crippen molar-refractivity contribution in [1.82, 2.24) is 17.5 Å². The van der Waals surface area contributed by atoms with Gasteiger partial charge in [0.15, 0.2) is 0 Å². The summed E-state index contributed by atoms with van der Waals surface area (Å²) in [6.07, 6.45) is 3.87. The molecule has 0 aliphatic heterocycles. The number of aromatic nitrogens is 4. The van der Waals surface area contributed by atoms with Crippen LogP contribution in [0.15, 0.2) is 24.3 Å². The van der Waals surface area contributed by atoms with Crippen molar-refractivity contribution in [3.8, 4) is 0 Å². The van der Waals surface area contributed by atoms with E-state index in [9.17, 15) is 0 Å². The highest BCUT2D eigenvalue weighted by atomic mass is 32.1. The first-order valence-electron chi connectivity index (χ1n) is 7.36. The Hall–Kier alpha value is -1.92. The third kappa shape index (κ3) is 1.80. The van der Waals surface area contributed by atoms with Gasteiger partial charge in [0, 0.05) is 0 Å². The number of nitrogens with zero attached hydrogens (tertiary/aromatic N) is 4. The van der Waals surface area contributed by atoms with Crippen LogP contribution in [0.1, 0.15) is 22.3 Å². The van der Waals surface area contributed by atoms with E-state index in [1.165, 1.54) is 45.7 Å². The fraction of sp³-hybridized carbons (Fsp3) is 0.250. The van der Waals surface area contributed by atoms with E-state index in [2.05, 4.69) is 41.8 Å². The molecule has 0 N–H and O–H groups in total. The van der Waals surface area contributed by atoms with Crippen molar-refractivity contribution in [3.05, 3.63) is 46.5 Å². The molecule has 0 saturated heterocycles. The molecule has 2 aliphatic rings. The minimum Gasteiger partial charge on any atom is -0.173 e. The van der Waals surface area contributed by atoms with E-state index in [-0.39, 0.29) is 0 Å².